The standard InChI is InChI=1S/C13H16ClFN2O/c1-18-8-7-17(6-2-5-16)10-11-9-12(15)3-4-13(11)14/h3-4,9H,2,6-8,10H2,1H3. The van der Waals surface area contributed by atoms with Crippen LogP contribution in [0.3, 0.4) is 0 Å². The van der Waals surface area contributed by atoms with Crippen LogP contribution in [0.1, 0.15) is 12.0 Å². The van der Waals surface area contributed by atoms with Gasteiger partial charge >= 0.3 is 0 Å². The molecule has 18 heavy (non-hydrogen) atoms. The maximum absolute atomic E-state index is 13.1. The van der Waals surface area contributed by atoms with Crippen molar-refractivity contribution in [3.63, 3.8) is 0 Å². The molecule has 0 amide bonds. The first-order valence-electron chi connectivity index (χ1n) is 5.69. The van der Waals surface area contributed by atoms with Crippen LogP contribution in [0.2, 0.25) is 5.02 Å². The Hall–Kier alpha value is -1.15. The Morgan fingerprint density at radius 2 is 2.22 bits per heavy atom. The van der Waals surface area contributed by atoms with E-state index in [4.69, 9.17) is 21.6 Å². The van der Waals surface area contributed by atoms with Gasteiger partial charge in [-0.15, -0.1) is 0 Å². The molecule has 0 aliphatic carbocycles. The van der Waals surface area contributed by atoms with Crippen molar-refractivity contribution in [1.82, 2.24) is 4.90 Å². The summed E-state index contributed by atoms with van der Waals surface area (Å²) < 4.78 is 18.2. The lowest BCUT2D eigenvalue weighted by Crippen LogP contribution is -2.28. The highest BCUT2D eigenvalue weighted by Crippen LogP contribution is 2.19. The number of methoxy groups -OCH3 is 1. The predicted molar refractivity (Wildman–Crippen MR) is 68.8 cm³/mol. The predicted octanol–water partition coefficient (Wildman–Crippen LogP) is 2.84. The van der Waals surface area contributed by atoms with E-state index in [9.17, 15) is 4.39 Å². The van der Waals surface area contributed by atoms with Crippen molar-refractivity contribution >= 4 is 11.6 Å². The SMILES string of the molecule is COCCN(CCC#N)Cc1cc(F)ccc1Cl. The highest BCUT2D eigenvalue weighted by atomic mass is 35.5. The van der Waals surface area contributed by atoms with E-state index in [1.165, 1.54) is 12.1 Å². The van der Waals surface area contributed by atoms with E-state index in [0.717, 1.165) is 5.56 Å². The number of halogens is 2. The van der Waals surface area contributed by atoms with Crippen LogP contribution in [0.25, 0.3) is 0 Å². The molecular formula is C13H16ClFN2O. The Kier molecular flexibility index (Phi) is 6.66. The highest BCUT2D eigenvalue weighted by molar-refractivity contribution is 6.31. The zero-order valence-corrected chi connectivity index (χ0v) is 11.1. The summed E-state index contributed by atoms with van der Waals surface area (Å²) in [7, 11) is 1.62. The summed E-state index contributed by atoms with van der Waals surface area (Å²) in [5, 5.41) is 9.15. The molecule has 0 spiro atoms. The molecule has 1 rings (SSSR count). The summed E-state index contributed by atoms with van der Waals surface area (Å²) in [5.41, 5.74) is 0.728. The molecule has 1 aromatic rings. The molecule has 1 aromatic carbocycles. The van der Waals surface area contributed by atoms with Crippen molar-refractivity contribution < 1.29 is 9.13 Å². The Balaban J connectivity index is 2.68. The molecule has 98 valence electrons. The minimum absolute atomic E-state index is 0.304. The molecule has 0 N–H and O–H groups in total. The molecule has 3 nitrogen and oxygen atoms in total. The fourth-order valence-corrected chi connectivity index (χ4v) is 1.78. The minimum Gasteiger partial charge on any atom is -0.383 e. The Labute approximate surface area is 112 Å². The normalized spacial score (nSPS) is 10.6. The van der Waals surface area contributed by atoms with Crippen LogP contribution in [-0.2, 0) is 11.3 Å². The monoisotopic (exact) mass is 270 g/mol. The molecule has 0 unspecified atom stereocenters. The van der Waals surface area contributed by atoms with Gasteiger partial charge in [0, 0.05) is 38.2 Å². The number of hydrogen-bond donors (Lipinski definition) is 0. The van der Waals surface area contributed by atoms with E-state index in [1.54, 1.807) is 13.2 Å². The lowest BCUT2D eigenvalue weighted by atomic mass is 10.2. The molecule has 0 atom stereocenters. The third kappa shape index (κ3) is 5.01. The molecule has 0 radical (unpaired) electrons. The van der Waals surface area contributed by atoms with Gasteiger partial charge in [-0.25, -0.2) is 4.39 Å². The summed E-state index contributed by atoms with van der Waals surface area (Å²) in [6, 6.07) is 6.40. The number of hydrogen-bond acceptors (Lipinski definition) is 3. The van der Waals surface area contributed by atoms with Gasteiger partial charge in [0.05, 0.1) is 12.7 Å². The van der Waals surface area contributed by atoms with E-state index in [-0.39, 0.29) is 5.82 Å². The highest BCUT2D eigenvalue weighted by Gasteiger charge is 2.09. The van der Waals surface area contributed by atoms with E-state index >= 15 is 0 Å². The Morgan fingerprint density at radius 1 is 1.44 bits per heavy atom. The van der Waals surface area contributed by atoms with Gasteiger partial charge in [-0.2, -0.15) is 5.26 Å². The lowest BCUT2D eigenvalue weighted by Gasteiger charge is -2.21. The van der Waals surface area contributed by atoms with Crippen molar-refractivity contribution in [2.75, 3.05) is 26.8 Å². The van der Waals surface area contributed by atoms with Gasteiger partial charge in [0.1, 0.15) is 5.82 Å². The summed E-state index contributed by atoms with van der Waals surface area (Å²) in [4.78, 5) is 2.02. The van der Waals surface area contributed by atoms with Crippen molar-refractivity contribution in [2.24, 2.45) is 0 Å². The topological polar surface area (TPSA) is 36.3 Å². The second kappa shape index (κ2) is 8.04. The quantitative estimate of drug-likeness (QED) is 0.764. The van der Waals surface area contributed by atoms with E-state index < -0.39 is 0 Å². The first-order chi connectivity index (χ1) is 8.67. The average molecular weight is 271 g/mol. The summed E-state index contributed by atoms with van der Waals surface area (Å²) in [6.07, 6.45) is 0.427. The molecule has 0 fully saturated rings. The fourth-order valence-electron chi connectivity index (χ4n) is 1.60. The molecule has 0 aliphatic heterocycles. The third-order valence-corrected chi connectivity index (χ3v) is 2.92. The van der Waals surface area contributed by atoms with E-state index in [1.807, 2.05) is 4.90 Å². The Bertz CT molecular complexity index is 420. The largest absolute Gasteiger partial charge is 0.383 e. The summed E-state index contributed by atoms with van der Waals surface area (Å²) in [6.45, 7) is 2.39. The molecule has 0 aliphatic rings. The molecule has 0 heterocycles. The van der Waals surface area contributed by atoms with Gasteiger partial charge in [0.25, 0.3) is 0 Å². The molecule has 0 saturated heterocycles. The number of nitrogens with zero attached hydrogens (tertiary/aromatic N) is 2. The summed E-state index contributed by atoms with van der Waals surface area (Å²) in [5.74, 6) is -0.304. The zero-order valence-electron chi connectivity index (χ0n) is 10.3. The van der Waals surface area contributed by atoms with E-state index in [0.29, 0.717) is 37.7 Å². The van der Waals surface area contributed by atoms with Crippen LogP contribution in [0.5, 0.6) is 0 Å². The van der Waals surface area contributed by atoms with E-state index in [2.05, 4.69) is 6.07 Å². The summed E-state index contributed by atoms with van der Waals surface area (Å²) >= 11 is 6.02. The maximum Gasteiger partial charge on any atom is 0.123 e. The number of rotatable bonds is 7. The van der Waals surface area contributed by atoms with Gasteiger partial charge in [-0.1, -0.05) is 11.6 Å². The van der Waals surface area contributed by atoms with Crippen LogP contribution in [0.15, 0.2) is 18.2 Å². The van der Waals surface area contributed by atoms with Crippen LogP contribution in [0.4, 0.5) is 4.39 Å². The number of nitriles is 1. The second-order valence-corrected chi connectivity index (χ2v) is 4.32. The maximum atomic E-state index is 13.1. The van der Waals surface area contributed by atoms with Crippen LogP contribution < -0.4 is 0 Å². The van der Waals surface area contributed by atoms with Crippen LogP contribution in [-0.4, -0.2) is 31.7 Å². The zero-order chi connectivity index (χ0) is 13.4. The van der Waals surface area contributed by atoms with Gasteiger partial charge in [0.2, 0.25) is 0 Å². The number of benzene rings is 1. The molecule has 0 bridgehead atoms. The molecule has 0 saturated carbocycles. The van der Waals surface area contributed by atoms with Crippen LogP contribution in [0, 0.1) is 17.1 Å². The van der Waals surface area contributed by atoms with Crippen LogP contribution >= 0.6 is 11.6 Å². The molecule has 5 heteroatoms. The second-order valence-electron chi connectivity index (χ2n) is 3.91. The van der Waals surface area contributed by atoms with Gasteiger partial charge in [0.15, 0.2) is 0 Å². The lowest BCUT2D eigenvalue weighted by molar-refractivity contribution is 0.145. The van der Waals surface area contributed by atoms with Crippen molar-refractivity contribution in [1.29, 1.82) is 5.26 Å². The minimum atomic E-state index is -0.304. The average Bonchev–Trinajstić information content (AvgIpc) is 2.37. The van der Waals surface area contributed by atoms with Gasteiger partial charge in [-0.3, -0.25) is 4.90 Å². The first-order valence-corrected chi connectivity index (χ1v) is 6.07. The van der Waals surface area contributed by atoms with Crippen molar-refractivity contribution in [2.45, 2.75) is 13.0 Å². The Morgan fingerprint density at radius 3 is 2.89 bits per heavy atom. The smallest absolute Gasteiger partial charge is 0.123 e. The molecule has 0 aromatic heterocycles. The molecular weight excluding hydrogens is 255 g/mol. The number of ether oxygens (including phenoxy) is 1. The third-order valence-electron chi connectivity index (χ3n) is 2.55. The van der Waals surface area contributed by atoms with Crippen molar-refractivity contribution in [3.05, 3.63) is 34.6 Å². The first kappa shape index (κ1) is 14.9. The van der Waals surface area contributed by atoms with Gasteiger partial charge < -0.3 is 4.74 Å². The van der Waals surface area contributed by atoms with Gasteiger partial charge in [-0.05, 0) is 23.8 Å². The fraction of sp³-hybridized carbons (Fsp3) is 0.462. The van der Waals surface area contributed by atoms with Crippen molar-refractivity contribution in [3.8, 4) is 6.07 Å².